The number of hydrogen-bond acceptors (Lipinski definition) is 5. The summed E-state index contributed by atoms with van der Waals surface area (Å²) in [6.45, 7) is 4.55. The molecule has 20 heavy (non-hydrogen) atoms. The van der Waals surface area contributed by atoms with E-state index >= 15 is 0 Å². The van der Waals surface area contributed by atoms with E-state index in [1.807, 2.05) is 13.8 Å². The lowest BCUT2D eigenvalue weighted by Crippen LogP contribution is -2.19. The van der Waals surface area contributed by atoms with Gasteiger partial charge in [0.2, 0.25) is 11.8 Å². The number of hydrogen-bond donors (Lipinski definition) is 2. The van der Waals surface area contributed by atoms with Crippen molar-refractivity contribution in [3.8, 4) is 5.88 Å². The summed E-state index contributed by atoms with van der Waals surface area (Å²) >= 11 is 0. The maximum absolute atomic E-state index is 10.9. The van der Waals surface area contributed by atoms with E-state index < -0.39 is 5.97 Å². The van der Waals surface area contributed by atoms with Crippen LogP contribution in [-0.2, 0) is 4.79 Å². The third-order valence-electron chi connectivity index (χ3n) is 3.40. The molecular formula is C14H21N3O3. The van der Waals surface area contributed by atoms with Gasteiger partial charge in [0.1, 0.15) is 0 Å². The van der Waals surface area contributed by atoms with Crippen LogP contribution in [0.3, 0.4) is 0 Å². The zero-order valence-corrected chi connectivity index (χ0v) is 11.9. The summed E-state index contributed by atoms with van der Waals surface area (Å²) in [7, 11) is 0. The van der Waals surface area contributed by atoms with Gasteiger partial charge in [-0.1, -0.05) is 6.92 Å². The van der Waals surface area contributed by atoms with E-state index in [0.29, 0.717) is 31.3 Å². The molecule has 0 bridgehead atoms. The first-order chi connectivity index (χ1) is 9.58. The van der Waals surface area contributed by atoms with Gasteiger partial charge < -0.3 is 15.2 Å². The van der Waals surface area contributed by atoms with Crippen molar-refractivity contribution in [3.63, 3.8) is 0 Å². The minimum absolute atomic E-state index is 0.122. The van der Waals surface area contributed by atoms with Crippen LogP contribution in [0.1, 0.15) is 38.3 Å². The quantitative estimate of drug-likeness (QED) is 0.830. The maximum Gasteiger partial charge on any atom is 0.306 e. The number of anilines is 1. The Hall–Kier alpha value is -1.85. The van der Waals surface area contributed by atoms with Crippen LogP contribution in [0.5, 0.6) is 5.88 Å². The molecular weight excluding hydrogens is 258 g/mol. The largest absolute Gasteiger partial charge is 0.481 e. The van der Waals surface area contributed by atoms with Crippen molar-refractivity contribution in [1.29, 1.82) is 0 Å². The van der Waals surface area contributed by atoms with E-state index in [1.54, 1.807) is 6.07 Å². The number of carbonyl (C=O) groups is 1. The van der Waals surface area contributed by atoms with Gasteiger partial charge in [0, 0.05) is 17.8 Å². The molecule has 0 saturated heterocycles. The molecule has 1 aliphatic rings. The zero-order chi connectivity index (χ0) is 14.5. The number of aryl methyl sites for hydroxylation is 1. The second-order valence-electron chi connectivity index (χ2n) is 5.21. The fraction of sp³-hybridized carbons (Fsp3) is 0.643. The van der Waals surface area contributed by atoms with Crippen molar-refractivity contribution in [2.24, 2.45) is 5.92 Å². The summed E-state index contributed by atoms with van der Waals surface area (Å²) in [4.78, 5) is 19.6. The van der Waals surface area contributed by atoms with Crippen LogP contribution < -0.4 is 10.1 Å². The predicted molar refractivity (Wildman–Crippen MR) is 74.9 cm³/mol. The molecule has 6 nitrogen and oxygen atoms in total. The van der Waals surface area contributed by atoms with Gasteiger partial charge in [-0.15, -0.1) is 0 Å². The lowest BCUT2D eigenvalue weighted by Gasteiger charge is -2.13. The molecule has 1 fully saturated rings. The summed E-state index contributed by atoms with van der Waals surface area (Å²) in [6.07, 6.45) is 3.09. The monoisotopic (exact) mass is 279 g/mol. The number of rotatable bonds is 6. The van der Waals surface area contributed by atoms with Gasteiger partial charge in [0.25, 0.3) is 0 Å². The molecule has 1 heterocycles. The predicted octanol–water partition coefficient (Wildman–Crippen LogP) is 2.24. The van der Waals surface area contributed by atoms with E-state index in [9.17, 15) is 4.79 Å². The normalized spacial score (nSPS) is 21.7. The van der Waals surface area contributed by atoms with Crippen molar-refractivity contribution in [3.05, 3.63) is 11.8 Å². The Morgan fingerprint density at radius 3 is 2.95 bits per heavy atom. The summed E-state index contributed by atoms with van der Waals surface area (Å²) in [5.41, 5.74) is 0.835. The minimum atomic E-state index is -0.716. The molecule has 0 radical (unpaired) electrons. The molecule has 1 aromatic rings. The number of nitrogens with zero attached hydrogens (tertiary/aromatic N) is 2. The van der Waals surface area contributed by atoms with Gasteiger partial charge >= 0.3 is 5.97 Å². The van der Waals surface area contributed by atoms with Crippen LogP contribution in [0.15, 0.2) is 6.07 Å². The van der Waals surface area contributed by atoms with Crippen LogP contribution in [0.2, 0.25) is 0 Å². The summed E-state index contributed by atoms with van der Waals surface area (Å²) in [6, 6.07) is 1.92. The highest BCUT2D eigenvalue weighted by molar-refractivity contribution is 5.70. The first-order valence-electron chi connectivity index (χ1n) is 7.06. The first kappa shape index (κ1) is 14.6. The number of aliphatic carboxylic acids is 1. The smallest absolute Gasteiger partial charge is 0.306 e. The molecule has 0 aromatic carbocycles. The zero-order valence-electron chi connectivity index (χ0n) is 11.9. The van der Waals surface area contributed by atoms with Gasteiger partial charge in [-0.3, -0.25) is 4.79 Å². The van der Waals surface area contributed by atoms with Crippen LogP contribution in [0, 0.1) is 12.8 Å². The number of aromatic nitrogens is 2. The molecule has 2 atom stereocenters. The summed E-state index contributed by atoms with van der Waals surface area (Å²) in [5.74, 6) is 0.112. The number of ether oxygens (including phenoxy) is 1. The van der Waals surface area contributed by atoms with Crippen molar-refractivity contribution in [2.75, 3.05) is 11.9 Å². The van der Waals surface area contributed by atoms with E-state index in [-0.39, 0.29) is 12.0 Å². The van der Waals surface area contributed by atoms with Crippen molar-refractivity contribution in [1.82, 2.24) is 9.97 Å². The van der Waals surface area contributed by atoms with Gasteiger partial charge in [-0.05, 0) is 32.6 Å². The van der Waals surface area contributed by atoms with E-state index in [2.05, 4.69) is 15.3 Å². The van der Waals surface area contributed by atoms with Gasteiger partial charge in [-0.2, -0.15) is 4.98 Å². The molecule has 110 valence electrons. The molecule has 1 saturated carbocycles. The Bertz CT molecular complexity index is 479. The topological polar surface area (TPSA) is 84.3 Å². The lowest BCUT2D eigenvalue weighted by molar-refractivity contribution is -0.141. The van der Waals surface area contributed by atoms with Crippen LogP contribution in [-0.4, -0.2) is 33.7 Å². The molecule has 0 unspecified atom stereocenters. The molecule has 0 spiro atoms. The Morgan fingerprint density at radius 2 is 2.30 bits per heavy atom. The fourth-order valence-corrected chi connectivity index (χ4v) is 2.40. The summed E-state index contributed by atoms with van der Waals surface area (Å²) < 4.78 is 5.52. The highest BCUT2D eigenvalue weighted by atomic mass is 16.5. The molecule has 6 heteroatoms. The van der Waals surface area contributed by atoms with Crippen molar-refractivity contribution >= 4 is 11.9 Å². The third-order valence-corrected chi connectivity index (χ3v) is 3.40. The Balaban J connectivity index is 1.99. The number of carboxylic acid groups (broad SMARTS) is 1. The fourth-order valence-electron chi connectivity index (χ4n) is 2.40. The second kappa shape index (κ2) is 6.54. The molecule has 1 aromatic heterocycles. The number of carboxylic acids is 1. The highest BCUT2D eigenvalue weighted by Crippen LogP contribution is 2.27. The first-order valence-corrected chi connectivity index (χ1v) is 7.06. The summed E-state index contributed by atoms with van der Waals surface area (Å²) in [5, 5.41) is 12.2. The van der Waals surface area contributed by atoms with Crippen LogP contribution in [0.25, 0.3) is 0 Å². The van der Waals surface area contributed by atoms with Gasteiger partial charge in [0.15, 0.2) is 0 Å². The molecule has 0 amide bonds. The van der Waals surface area contributed by atoms with Gasteiger partial charge in [0.05, 0.1) is 12.5 Å². The Kier molecular flexibility index (Phi) is 4.76. The standard InChI is InChI=1S/C14H21N3O3/c1-3-6-20-12-7-9(2)15-14(17-12)16-11-5-4-10(8-11)13(18)19/h7,10-11H,3-6,8H2,1-2H3,(H,18,19)(H,15,16,17)/t10-,11+/m1/s1. The van der Waals surface area contributed by atoms with Crippen LogP contribution >= 0.6 is 0 Å². The SMILES string of the molecule is CCCOc1cc(C)nc(N[C@H]2CC[C@@H](C(=O)O)C2)n1. The average molecular weight is 279 g/mol. The molecule has 2 rings (SSSR count). The molecule has 0 aliphatic heterocycles. The number of nitrogens with one attached hydrogen (secondary N) is 1. The van der Waals surface area contributed by atoms with E-state index in [4.69, 9.17) is 9.84 Å². The average Bonchev–Trinajstić information content (AvgIpc) is 2.84. The van der Waals surface area contributed by atoms with E-state index in [1.165, 1.54) is 0 Å². The van der Waals surface area contributed by atoms with Crippen molar-refractivity contribution < 1.29 is 14.6 Å². The minimum Gasteiger partial charge on any atom is -0.481 e. The molecule has 2 N–H and O–H groups in total. The third kappa shape index (κ3) is 3.82. The lowest BCUT2D eigenvalue weighted by atomic mass is 10.1. The molecule has 1 aliphatic carbocycles. The maximum atomic E-state index is 10.9. The van der Waals surface area contributed by atoms with Gasteiger partial charge in [-0.25, -0.2) is 4.98 Å². The Morgan fingerprint density at radius 1 is 1.50 bits per heavy atom. The second-order valence-corrected chi connectivity index (χ2v) is 5.21. The van der Waals surface area contributed by atoms with Crippen LogP contribution in [0.4, 0.5) is 5.95 Å². The Labute approximate surface area is 118 Å². The van der Waals surface area contributed by atoms with E-state index in [0.717, 1.165) is 18.5 Å². The van der Waals surface area contributed by atoms with Crippen molar-refractivity contribution in [2.45, 2.75) is 45.6 Å². The highest BCUT2D eigenvalue weighted by Gasteiger charge is 2.30.